The summed E-state index contributed by atoms with van der Waals surface area (Å²) in [6.07, 6.45) is 1.67. The second-order valence-electron chi connectivity index (χ2n) is 5.74. The van der Waals surface area contributed by atoms with Crippen LogP contribution in [0, 0.1) is 0 Å². The van der Waals surface area contributed by atoms with E-state index >= 15 is 0 Å². The van der Waals surface area contributed by atoms with Crippen molar-refractivity contribution in [3.05, 3.63) is 70.5 Å². The molecule has 0 unspecified atom stereocenters. The molecule has 26 heavy (non-hydrogen) atoms. The van der Waals surface area contributed by atoms with E-state index in [1.54, 1.807) is 6.08 Å². The third-order valence-electron chi connectivity index (χ3n) is 4.01. The van der Waals surface area contributed by atoms with Crippen LogP contribution in [0.1, 0.15) is 28.8 Å². The van der Waals surface area contributed by atoms with Crippen molar-refractivity contribution in [2.24, 2.45) is 0 Å². The largest absolute Gasteiger partial charge is 0.416 e. The molecule has 0 spiro atoms. The van der Waals surface area contributed by atoms with Gasteiger partial charge in [-0.2, -0.15) is 18.7 Å². The molecule has 2 aliphatic rings. The lowest BCUT2D eigenvalue weighted by molar-refractivity contribution is -0.137. The van der Waals surface area contributed by atoms with Gasteiger partial charge in [0.15, 0.2) is 5.76 Å². The molecule has 1 aromatic carbocycles. The molecule has 2 amide bonds. The molecular formula is C18H15F3N2O3. The van der Waals surface area contributed by atoms with Crippen molar-refractivity contribution in [3.8, 4) is 0 Å². The van der Waals surface area contributed by atoms with Crippen LogP contribution in [0.2, 0.25) is 0 Å². The average molecular weight is 364 g/mol. The molecule has 0 saturated carbocycles. The maximum atomic E-state index is 12.7. The summed E-state index contributed by atoms with van der Waals surface area (Å²) >= 11 is 0. The summed E-state index contributed by atoms with van der Waals surface area (Å²) < 4.78 is 38.2. The molecule has 1 heterocycles. The van der Waals surface area contributed by atoms with Gasteiger partial charge < -0.3 is 10.2 Å². The summed E-state index contributed by atoms with van der Waals surface area (Å²) in [5.41, 5.74) is 2.54. The van der Waals surface area contributed by atoms with Gasteiger partial charge in [0, 0.05) is 23.3 Å². The van der Waals surface area contributed by atoms with Crippen molar-refractivity contribution in [1.82, 2.24) is 10.8 Å². The fourth-order valence-corrected chi connectivity index (χ4v) is 2.71. The van der Waals surface area contributed by atoms with Crippen LogP contribution in [-0.4, -0.2) is 18.4 Å². The third kappa shape index (κ3) is 3.79. The highest BCUT2D eigenvalue weighted by Crippen LogP contribution is 2.30. The van der Waals surface area contributed by atoms with Crippen LogP contribution >= 0.6 is 0 Å². The van der Waals surface area contributed by atoms with Gasteiger partial charge in [-0.05, 0) is 37.1 Å². The van der Waals surface area contributed by atoms with Crippen molar-refractivity contribution >= 4 is 11.8 Å². The van der Waals surface area contributed by atoms with E-state index in [4.69, 9.17) is 4.84 Å². The summed E-state index contributed by atoms with van der Waals surface area (Å²) in [7, 11) is 0. The van der Waals surface area contributed by atoms with E-state index < -0.39 is 17.6 Å². The number of rotatable bonds is 4. The SMILES string of the molecule is O=C1NOC2=CC=CCC2=C1CCNC(=O)c1cccc(C(F)(F)F)c1. The molecule has 3 rings (SSSR count). The Morgan fingerprint density at radius 3 is 2.88 bits per heavy atom. The Labute approximate surface area is 147 Å². The number of carbonyl (C=O) groups excluding carboxylic acids is 2. The van der Waals surface area contributed by atoms with Gasteiger partial charge in [-0.15, -0.1) is 0 Å². The first-order valence-corrected chi connectivity index (χ1v) is 7.88. The normalized spacial score (nSPS) is 16.4. The molecule has 5 nitrogen and oxygen atoms in total. The van der Waals surface area contributed by atoms with Crippen LogP contribution in [0.25, 0.3) is 0 Å². The number of carbonyl (C=O) groups is 2. The molecule has 0 atom stereocenters. The number of allylic oxidation sites excluding steroid dienone is 4. The van der Waals surface area contributed by atoms with Crippen molar-refractivity contribution in [2.75, 3.05) is 6.54 Å². The fraction of sp³-hybridized carbons (Fsp3) is 0.222. The molecular weight excluding hydrogens is 349 g/mol. The van der Waals surface area contributed by atoms with Gasteiger partial charge in [0.05, 0.1) is 5.56 Å². The maximum absolute atomic E-state index is 12.7. The Morgan fingerprint density at radius 2 is 2.12 bits per heavy atom. The van der Waals surface area contributed by atoms with E-state index in [9.17, 15) is 22.8 Å². The number of hydrogen-bond donors (Lipinski definition) is 2. The number of alkyl halides is 3. The molecule has 2 N–H and O–H groups in total. The van der Waals surface area contributed by atoms with Crippen molar-refractivity contribution in [2.45, 2.75) is 19.0 Å². The van der Waals surface area contributed by atoms with Crippen LogP contribution in [0.5, 0.6) is 0 Å². The minimum atomic E-state index is -4.51. The van der Waals surface area contributed by atoms with E-state index in [1.807, 2.05) is 12.2 Å². The first kappa shape index (κ1) is 17.8. The number of hydroxylamine groups is 1. The van der Waals surface area contributed by atoms with Crippen molar-refractivity contribution < 1.29 is 27.6 Å². The van der Waals surface area contributed by atoms with Crippen LogP contribution in [-0.2, 0) is 15.8 Å². The molecule has 1 aromatic rings. The molecule has 0 aromatic heterocycles. The Morgan fingerprint density at radius 1 is 1.31 bits per heavy atom. The molecule has 0 bridgehead atoms. The molecule has 136 valence electrons. The van der Waals surface area contributed by atoms with Crippen LogP contribution in [0.3, 0.4) is 0 Å². The first-order valence-electron chi connectivity index (χ1n) is 7.88. The van der Waals surface area contributed by atoms with Gasteiger partial charge in [0.2, 0.25) is 0 Å². The number of fused-ring (bicyclic) bond motifs is 1. The van der Waals surface area contributed by atoms with E-state index in [-0.39, 0.29) is 24.4 Å². The summed E-state index contributed by atoms with van der Waals surface area (Å²) in [6, 6.07) is 4.19. The number of halogens is 3. The van der Waals surface area contributed by atoms with E-state index in [0.29, 0.717) is 17.8 Å². The zero-order valence-electron chi connectivity index (χ0n) is 13.5. The lowest BCUT2D eigenvalue weighted by Gasteiger charge is -2.24. The minimum absolute atomic E-state index is 0.0879. The van der Waals surface area contributed by atoms with Gasteiger partial charge in [-0.25, -0.2) is 0 Å². The monoisotopic (exact) mass is 364 g/mol. The average Bonchev–Trinajstić information content (AvgIpc) is 2.63. The third-order valence-corrected chi connectivity index (χ3v) is 4.01. The topological polar surface area (TPSA) is 67.4 Å². The number of benzene rings is 1. The zero-order valence-corrected chi connectivity index (χ0v) is 13.5. The van der Waals surface area contributed by atoms with Crippen LogP contribution in [0.4, 0.5) is 13.2 Å². The Bertz CT molecular complexity index is 838. The quantitative estimate of drug-likeness (QED) is 0.863. The Balaban J connectivity index is 1.66. The molecule has 8 heteroatoms. The standard InChI is InChI=1S/C18H15F3N2O3/c19-18(20,21)12-5-3-4-11(10-12)16(24)22-9-8-14-13-6-1-2-7-15(13)26-23-17(14)25/h1-5,7,10H,6,8-9H2,(H,22,24)(H,23,25). The molecule has 0 saturated heterocycles. The van der Waals surface area contributed by atoms with E-state index in [2.05, 4.69) is 10.8 Å². The second-order valence-corrected chi connectivity index (χ2v) is 5.74. The lowest BCUT2D eigenvalue weighted by atomic mass is 9.96. The zero-order chi connectivity index (χ0) is 18.7. The summed E-state index contributed by atoms with van der Waals surface area (Å²) in [4.78, 5) is 29.2. The minimum Gasteiger partial charge on any atom is -0.379 e. The highest BCUT2D eigenvalue weighted by molar-refractivity contribution is 5.96. The van der Waals surface area contributed by atoms with Gasteiger partial charge >= 0.3 is 6.18 Å². The number of amides is 2. The highest BCUT2D eigenvalue weighted by atomic mass is 19.4. The molecule has 1 aliphatic heterocycles. The smallest absolute Gasteiger partial charge is 0.379 e. The maximum Gasteiger partial charge on any atom is 0.416 e. The molecule has 0 fully saturated rings. The highest BCUT2D eigenvalue weighted by Gasteiger charge is 2.31. The van der Waals surface area contributed by atoms with Gasteiger partial charge in [0.1, 0.15) is 0 Å². The van der Waals surface area contributed by atoms with Gasteiger partial charge in [-0.1, -0.05) is 18.2 Å². The van der Waals surface area contributed by atoms with Gasteiger partial charge in [0.25, 0.3) is 11.8 Å². The predicted molar refractivity (Wildman–Crippen MR) is 86.5 cm³/mol. The number of nitrogens with one attached hydrogen (secondary N) is 2. The fourth-order valence-electron chi connectivity index (χ4n) is 2.71. The van der Waals surface area contributed by atoms with Crippen molar-refractivity contribution in [3.63, 3.8) is 0 Å². The van der Waals surface area contributed by atoms with Crippen LogP contribution in [0.15, 0.2) is 59.4 Å². The Hall–Kier alpha value is -3.03. The van der Waals surface area contributed by atoms with Crippen molar-refractivity contribution in [1.29, 1.82) is 0 Å². The number of hydrogen-bond acceptors (Lipinski definition) is 3. The van der Waals surface area contributed by atoms with Gasteiger partial charge in [-0.3, -0.25) is 9.59 Å². The van der Waals surface area contributed by atoms with E-state index in [1.165, 1.54) is 12.1 Å². The first-order chi connectivity index (χ1) is 12.4. The summed E-state index contributed by atoms with van der Waals surface area (Å²) in [5.74, 6) is -0.472. The predicted octanol–water partition coefficient (Wildman–Crippen LogP) is 3.03. The van der Waals surface area contributed by atoms with Crippen LogP contribution < -0.4 is 10.8 Å². The summed E-state index contributed by atoms with van der Waals surface area (Å²) in [5, 5.41) is 2.54. The lowest BCUT2D eigenvalue weighted by Crippen LogP contribution is -2.34. The second kappa shape index (κ2) is 7.07. The molecule has 1 aliphatic carbocycles. The van der Waals surface area contributed by atoms with E-state index in [0.717, 1.165) is 17.7 Å². The molecule has 0 radical (unpaired) electrons. The Kier molecular flexibility index (Phi) is 4.83. The summed E-state index contributed by atoms with van der Waals surface area (Å²) in [6.45, 7) is 0.109.